The number of esters is 1. The van der Waals surface area contributed by atoms with Crippen molar-refractivity contribution in [3.8, 4) is 0 Å². The third-order valence-electron chi connectivity index (χ3n) is 4.52. The molecule has 0 fully saturated rings. The van der Waals surface area contributed by atoms with Crippen LogP contribution in [-0.4, -0.2) is 43.8 Å². The summed E-state index contributed by atoms with van der Waals surface area (Å²) in [5.74, 6) is -1.49. The lowest BCUT2D eigenvalue weighted by atomic mass is 10.2. The normalized spacial score (nSPS) is 15.5. The Balaban J connectivity index is 1.60. The van der Waals surface area contributed by atoms with E-state index < -0.39 is 21.7 Å². The largest absolute Gasteiger partial charge is 0.462 e. The second-order valence-electron chi connectivity index (χ2n) is 6.82. The van der Waals surface area contributed by atoms with Crippen LogP contribution in [0.1, 0.15) is 30.6 Å². The first kappa shape index (κ1) is 22.8. The van der Waals surface area contributed by atoms with E-state index >= 15 is 0 Å². The number of nitrogens with one attached hydrogen (secondary N) is 2. The molecular weight excluding hydrogens is 440 g/mol. The maximum absolute atomic E-state index is 12.7. The van der Waals surface area contributed by atoms with Gasteiger partial charge in [-0.3, -0.25) is 9.59 Å². The first-order valence-electron chi connectivity index (χ1n) is 9.61. The second-order valence-corrected chi connectivity index (χ2v) is 10.3. The molecule has 1 aliphatic rings. The highest BCUT2D eigenvalue weighted by molar-refractivity contribution is 8.01. The number of rotatable bonds is 7. The molecule has 1 heterocycles. The molecule has 2 N–H and O–H groups in total. The third-order valence-corrected chi connectivity index (χ3v) is 7.41. The minimum Gasteiger partial charge on any atom is -0.462 e. The monoisotopic (exact) mass is 462 g/mol. The van der Waals surface area contributed by atoms with Gasteiger partial charge < -0.3 is 15.4 Å². The zero-order chi connectivity index (χ0) is 22.6. The van der Waals surface area contributed by atoms with E-state index in [4.69, 9.17) is 4.74 Å². The van der Waals surface area contributed by atoms with Crippen molar-refractivity contribution < 1.29 is 27.5 Å². The number of thioether (sulfide) groups is 1. The molecule has 164 valence electrons. The molecule has 0 saturated carbocycles. The number of anilines is 2. The summed E-state index contributed by atoms with van der Waals surface area (Å²) in [7, 11) is -3.72. The molecule has 0 radical (unpaired) electrons. The van der Waals surface area contributed by atoms with E-state index in [-0.39, 0.29) is 34.8 Å². The number of benzene rings is 2. The minimum atomic E-state index is -3.72. The van der Waals surface area contributed by atoms with Gasteiger partial charge >= 0.3 is 5.97 Å². The van der Waals surface area contributed by atoms with Crippen LogP contribution in [0, 0.1) is 0 Å². The van der Waals surface area contributed by atoms with Crippen LogP contribution in [0.2, 0.25) is 0 Å². The Labute approximate surface area is 184 Å². The molecule has 10 heteroatoms. The van der Waals surface area contributed by atoms with Crippen LogP contribution in [0.25, 0.3) is 0 Å². The lowest BCUT2D eigenvalue weighted by molar-refractivity contribution is -0.116. The second kappa shape index (κ2) is 9.52. The first-order valence-corrected chi connectivity index (χ1v) is 12.1. The van der Waals surface area contributed by atoms with Crippen molar-refractivity contribution in [2.75, 3.05) is 23.0 Å². The molecule has 0 unspecified atom stereocenters. The zero-order valence-electron chi connectivity index (χ0n) is 17.0. The smallest absolute Gasteiger partial charge is 0.338 e. The van der Waals surface area contributed by atoms with E-state index in [1.165, 1.54) is 36.0 Å². The molecule has 0 aromatic heterocycles. The molecule has 8 nitrogen and oxygen atoms in total. The number of sulfone groups is 1. The Morgan fingerprint density at radius 1 is 1.16 bits per heavy atom. The van der Waals surface area contributed by atoms with Gasteiger partial charge in [0.1, 0.15) is 0 Å². The average Bonchev–Trinajstić information content (AvgIpc) is 2.73. The summed E-state index contributed by atoms with van der Waals surface area (Å²) in [5.41, 5.74) is 1.26. The molecule has 31 heavy (non-hydrogen) atoms. The van der Waals surface area contributed by atoms with Crippen LogP contribution >= 0.6 is 11.8 Å². The van der Waals surface area contributed by atoms with Crippen molar-refractivity contribution in [3.05, 3.63) is 48.0 Å². The van der Waals surface area contributed by atoms with Crippen molar-refractivity contribution in [2.24, 2.45) is 0 Å². The van der Waals surface area contributed by atoms with E-state index in [0.717, 1.165) is 4.90 Å². The summed E-state index contributed by atoms with van der Waals surface area (Å²) in [6.45, 7) is 3.75. The van der Waals surface area contributed by atoms with E-state index in [1.54, 1.807) is 32.0 Å². The molecule has 2 aromatic rings. The van der Waals surface area contributed by atoms with Crippen molar-refractivity contribution >= 4 is 50.8 Å². The number of carbonyl (C=O) groups is 3. The maximum Gasteiger partial charge on any atom is 0.338 e. The van der Waals surface area contributed by atoms with Crippen LogP contribution in [0.4, 0.5) is 11.4 Å². The molecule has 1 atom stereocenters. The summed E-state index contributed by atoms with van der Waals surface area (Å²) in [6, 6.07) is 10.7. The van der Waals surface area contributed by atoms with E-state index in [2.05, 4.69) is 10.6 Å². The van der Waals surface area contributed by atoms with E-state index in [1.807, 2.05) is 0 Å². The van der Waals surface area contributed by atoms with Crippen molar-refractivity contribution in [3.63, 3.8) is 0 Å². The Bertz CT molecular complexity index is 1110. The first-order chi connectivity index (χ1) is 14.7. The number of ether oxygens (including phenoxy) is 1. The predicted octanol–water partition coefficient (Wildman–Crippen LogP) is 3.10. The fourth-order valence-electron chi connectivity index (χ4n) is 2.85. The number of fused-ring (bicyclic) bond motifs is 1. The Morgan fingerprint density at radius 2 is 1.87 bits per heavy atom. The van der Waals surface area contributed by atoms with Gasteiger partial charge in [-0.1, -0.05) is 0 Å². The molecule has 0 saturated heterocycles. The van der Waals surface area contributed by atoms with Gasteiger partial charge in [0.2, 0.25) is 11.8 Å². The maximum atomic E-state index is 12.7. The summed E-state index contributed by atoms with van der Waals surface area (Å²) in [4.78, 5) is 36.5. The lowest BCUT2D eigenvalue weighted by Crippen LogP contribution is -2.26. The van der Waals surface area contributed by atoms with Gasteiger partial charge in [-0.15, -0.1) is 11.8 Å². The van der Waals surface area contributed by atoms with Gasteiger partial charge in [-0.2, -0.15) is 0 Å². The molecule has 3 rings (SSSR count). The molecule has 2 amide bonds. The highest BCUT2D eigenvalue weighted by Gasteiger charge is 2.25. The SMILES string of the molecule is CCOC(=O)c1ccc(NC(=O)CCS(=O)(=O)c2ccc3c(c2)NC(=O)[C@@H](C)S3)cc1. The molecule has 2 aromatic carbocycles. The van der Waals surface area contributed by atoms with E-state index in [0.29, 0.717) is 16.9 Å². The average molecular weight is 463 g/mol. The van der Waals surface area contributed by atoms with Crippen molar-refractivity contribution in [1.29, 1.82) is 0 Å². The van der Waals surface area contributed by atoms with Crippen LogP contribution in [0.3, 0.4) is 0 Å². The van der Waals surface area contributed by atoms with Gasteiger partial charge in [0, 0.05) is 17.0 Å². The quantitative estimate of drug-likeness (QED) is 0.607. The Morgan fingerprint density at radius 3 is 2.55 bits per heavy atom. The number of carbonyl (C=O) groups excluding carboxylic acids is 3. The van der Waals surface area contributed by atoms with Gasteiger partial charge in [0.15, 0.2) is 9.84 Å². The third kappa shape index (κ3) is 5.65. The summed E-state index contributed by atoms with van der Waals surface area (Å²) in [5, 5.41) is 5.07. The number of amides is 2. The zero-order valence-corrected chi connectivity index (χ0v) is 18.6. The van der Waals surface area contributed by atoms with Crippen molar-refractivity contribution in [2.45, 2.75) is 35.3 Å². The summed E-state index contributed by atoms with van der Waals surface area (Å²) < 4.78 is 30.2. The van der Waals surface area contributed by atoms with Gasteiger partial charge in [-0.05, 0) is 56.3 Å². The van der Waals surface area contributed by atoms with Crippen LogP contribution in [-0.2, 0) is 24.2 Å². The standard InChI is InChI=1S/C21H22N2O6S2/c1-3-29-21(26)14-4-6-15(7-5-14)22-19(24)10-11-31(27,28)16-8-9-18-17(12-16)23-20(25)13(2)30-18/h4-9,12-13H,3,10-11H2,1-2H3,(H,22,24)(H,23,25)/t13-/m1/s1. The van der Waals surface area contributed by atoms with Gasteiger partial charge in [-0.25, -0.2) is 13.2 Å². The highest BCUT2D eigenvalue weighted by atomic mass is 32.2. The van der Waals surface area contributed by atoms with E-state index in [9.17, 15) is 22.8 Å². The topological polar surface area (TPSA) is 119 Å². The lowest BCUT2D eigenvalue weighted by Gasteiger charge is -2.21. The van der Waals surface area contributed by atoms with Crippen LogP contribution in [0.5, 0.6) is 0 Å². The van der Waals surface area contributed by atoms with Crippen LogP contribution in [0.15, 0.2) is 52.3 Å². The van der Waals surface area contributed by atoms with Gasteiger partial charge in [0.05, 0.1) is 33.8 Å². The summed E-state index contributed by atoms with van der Waals surface area (Å²) >= 11 is 1.36. The fourth-order valence-corrected chi connectivity index (χ4v) is 5.05. The number of hydrogen-bond donors (Lipinski definition) is 2. The molecular formula is C21H22N2O6S2. The molecule has 0 bridgehead atoms. The summed E-state index contributed by atoms with van der Waals surface area (Å²) in [6.07, 6.45) is -0.239. The highest BCUT2D eigenvalue weighted by Crippen LogP contribution is 2.36. The predicted molar refractivity (Wildman–Crippen MR) is 118 cm³/mol. The molecule has 0 spiro atoms. The van der Waals surface area contributed by atoms with Gasteiger partial charge in [0.25, 0.3) is 0 Å². The number of hydrogen-bond acceptors (Lipinski definition) is 7. The molecule has 1 aliphatic heterocycles. The Hall–Kier alpha value is -2.85. The Kier molecular flexibility index (Phi) is 7.01. The van der Waals surface area contributed by atoms with Crippen molar-refractivity contribution in [1.82, 2.24) is 0 Å². The fraction of sp³-hybridized carbons (Fsp3) is 0.286. The minimum absolute atomic E-state index is 0.0493. The van der Waals surface area contributed by atoms with Crippen LogP contribution < -0.4 is 10.6 Å². The molecule has 0 aliphatic carbocycles.